The van der Waals surface area contributed by atoms with Crippen LogP contribution in [-0.4, -0.2) is 59.3 Å². The molecule has 1 aromatic rings. The van der Waals surface area contributed by atoms with Gasteiger partial charge in [0.2, 0.25) is 0 Å². The number of amides is 1. The Morgan fingerprint density at radius 3 is 2.39 bits per heavy atom. The fourth-order valence-electron chi connectivity index (χ4n) is 3.98. The highest BCUT2D eigenvalue weighted by molar-refractivity contribution is 5.67. The molecule has 2 aliphatic rings. The Morgan fingerprint density at radius 1 is 1.00 bits per heavy atom. The SMILES string of the molecule is CCOC(=O)N1CCCC(N2CCC(n3cccc3)CC2)CC1. The van der Waals surface area contributed by atoms with Gasteiger partial charge in [-0.05, 0) is 51.2 Å². The van der Waals surface area contributed by atoms with Crippen LogP contribution < -0.4 is 0 Å². The first kappa shape index (κ1) is 16.4. The van der Waals surface area contributed by atoms with Gasteiger partial charge in [-0.15, -0.1) is 0 Å². The van der Waals surface area contributed by atoms with Crippen molar-refractivity contribution < 1.29 is 9.53 Å². The molecule has 3 heterocycles. The molecule has 0 radical (unpaired) electrons. The fourth-order valence-corrected chi connectivity index (χ4v) is 3.98. The first-order valence-electron chi connectivity index (χ1n) is 9.06. The van der Waals surface area contributed by atoms with Crippen LogP contribution in [0.5, 0.6) is 0 Å². The Bertz CT molecular complexity index is 480. The standard InChI is InChI=1S/C18H29N3O2/c1-2-23-18(22)21-12-5-6-16(9-15-21)20-13-7-17(8-14-20)19-10-3-4-11-19/h3-4,10-11,16-17H,2,5-9,12-15H2,1H3. The number of likely N-dealkylation sites (tertiary alicyclic amines) is 2. The number of carbonyl (C=O) groups excluding carboxylic acids is 1. The number of piperidine rings is 1. The predicted molar refractivity (Wildman–Crippen MR) is 90.5 cm³/mol. The number of carbonyl (C=O) groups is 1. The summed E-state index contributed by atoms with van der Waals surface area (Å²) in [7, 11) is 0. The maximum Gasteiger partial charge on any atom is 0.409 e. The Hall–Kier alpha value is -1.49. The van der Waals surface area contributed by atoms with Crippen molar-refractivity contribution >= 4 is 6.09 Å². The highest BCUT2D eigenvalue weighted by Crippen LogP contribution is 2.27. The van der Waals surface area contributed by atoms with Crippen molar-refractivity contribution in [2.45, 2.75) is 51.1 Å². The lowest BCUT2D eigenvalue weighted by Gasteiger charge is -2.37. The molecule has 0 spiro atoms. The third kappa shape index (κ3) is 4.08. The van der Waals surface area contributed by atoms with E-state index >= 15 is 0 Å². The van der Waals surface area contributed by atoms with Crippen LogP contribution in [0.25, 0.3) is 0 Å². The van der Waals surface area contributed by atoms with Crippen molar-refractivity contribution in [2.75, 3.05) is 32.8 Å². The molecule has 1 unspecified atom stereocenters. The van der Waals surface area contributed by atoms with Crippen molar-refractivity contribution in [1.82, 2.24) is 14.4 Å². The topological polar surface area (TPSA) is 37.7 Å². The second kappa shape index (κ2) is 7.86. The van der Waals surface area contributed by atoms with Gasteiger partial charge in [0.05, 0.1) is 6.61 Å². The van der Waals surface area contributed by atoms with Crippen LogP contribution in [-0.2, 0) is 4.74 Å². The second-order valence-corrected chi connectivity index (χ2v) is 6.67. The normalized spacial score (nSPS) is 24.4. The van der Waals surface area contributed by atoms with E-state index in [0.717, 1.165) is 25.9 Å². The van der Waals surface area contributed by atoms with Crippen LogP contribution >= 0.6 is 0 Å². The minimum Gasteiger partial charge on any atom is -0.450 e. The van der Waals surface area contributed by atoms with E-state index in [2.05, 4.69) is 34.0 Å². The van der Waals surface area contributed by atoms with E-state index in [9.17, 15) is 4.79 Å². The van der Waals surface area contributed by atoms with Gasteiger partial charge in [-0.1, -0.05) is 0 Å². The molecular weight excluding hydrogens is 290 g/mol. The van der Waals surface area contributed by atoms with Gasteiger partial charge < -0.3 is 19.1 Å². The van der Waals surface area contributed by atoms with Gasteiger partial charge in [-0.2, -0.15) is 0 Å². The predicted octanol–water partition coefficient (Wildman–Crippen LogP) is 3.14. The fraction of sp³-hybridized carbons (Fsp3) is 0.722. The first-order valence-corrected chi connectivity index (χ1v) is 9.06. The van der Waals surface area contributed by atoms with Crippen LogP contribution in [0.15, 0.2) is 24.5 Å². The summed E-state index contributed by atoms with van der Waals surface area (Å²) >= 11 is 0. The monoisotopic (exact) mass is 319 g/mol. The van der Waals surface area contributed by atoms with E-state index in [0.29, 0.717) is 18.7 Å². The summed E-state index contributed by atoms with van der Waals surface area (Å²) in [6.07, 6.45) is 10.0. The van der Waals surface area contributed by atoms with E-state index in [1.54, 1.807) is 0 Å². The molecule has 23 heavy (non-hydrogen) atoms. The van der Waals surface area contributed by atoms with Gasteiger partial charge in [0.1, 0.15) is 0 Å². The maximum absolute atomic E-state index is 11.9. The lowest BCUT2D eigenvalue weighted by Crippen LogP contribution is -2.42. The zero-order valence-corrected chi connectivity index (χ0v) is 14.2. The molecule has 5 nitrogen and oxygen atoms in total. The van der Waals surface area contributed by atoms with Gasteiger partial charge in [0.25, 0.3) is 0 Å². The molecule has 0 N–H and O–H groups in total. The lowest BCUT2D eigenvalue weighted by atomic mass is 10.00. The summed E-state index contributed by atoms with van der Waals surface area (Å²) < 4.78 is 7.50. The Labute approximate surface area is 139 Å². The zero-order chi connectivity index (χ0) is 16.1. The van der Waals surface area contributed by atoms with Crippen LogP contribution in [0.3, 0.4) is 0 Å². The summed E-state index contributed by atoms with van der Waals surface area (Å²) in [6, 6.07) is 5.51. The molecule has 0 aliphatic carbocycles. The molecular formula is C18H29N3O2. The van der Waals surface area contributed by atoms with E-state index in [1.807, 2.05) is 11.8 Å². The van der Waals surface area contributed by atoms with Crippen molar-refractivity contribution in [3.63, 3.8) is 0 Å². The third-order valence-corrected chi connectivity index (χ3v) is 5.29. The Kier molecular flexibility index (Phi) is 5.60. The maximum atomic E-state index is 11.9. The number of hydrogen-bond donors (Lipinski definition) is 0. The van der Waals surface area contributed by atoms with Crippen LogP contribution in [0.4, 0.5) is 4.79 Å². The summed E-state index contributed by atoms with van der Waals surface area (Å²) in [5.74, 6) is 0. The summed E-state index contributed by atoms with van der Waals surface area (Å²) in [4.78, 5) is 16.4. The number of nitrogens with zero attached hydrogens (tertiary/aromatic N) is 3. The van der Waals surface area contributed by atoms with Gasteiger partial charge in [0.15, 0.2) is 0 Å². The van der Waals surface area contributed by atoms with E-state index in [4.69, 9.17) is 4.74 Å². The van der Waals surface area contributed by atoms with Crippen LogP contribution in [0.1, 0.15) is 45.1 Å². The highest BCUT2D eigenvalue weighted by Gasteiger charge is 2.28. The molecule has 128 valence electrons. The van der Waals surface area contributed by atoms with Gasteiger partial charge in [-0.25, -0.2) is 4.79 Å². The first-order chi connectivity index (χ1) is 11.3. The number of rotatable bonds is 3. The molecule has 1 atom stereocenters. The molecule has 1 amide bonds. The van der Waals surface area contributed by atoms with Crippen molar-refractivity contribution in [3.8, 4) is 0 Å². The number of hydrogen-bond acceptors (Lipinski definition) is 3. The molecule has 3 rings (SSSR count). The largest absolute Gasteiger partial charge is 0.450 e. The summed E-state index contributed by atoms with van der Waals surface area (Å²) in [5.41, 5.74) is 0. The van der Waals surface area contributed by atoms with E-state index < -0.39 is 0 Å². The van der Waals surface area contributed by atoms with Crippen molar-refractivity contribution in [2.24, 2.45) is 0 Å². The van der Waals surface area contributed by atoms with Gasteiger partial charge in [0, 0.05) is 50.7 Å². The Morgan fingerprint density at radius 2 is 1.70 bits per heavy atom. The molecule has 1 aromatic heterocycles. The minimum atomic E-state index is -0.139. The third-order valence-electron chi connectivity index (χ3n) is 5.29. The lowest BCUT2D eigenvalue weighted by molar-refractivity contribution is 0.103. The van der Waals surface area contributed by atoms with Crippen LogP contribution in [0.2, 0.25) is 0 Å². The number of aromatic nitrogens is 1. The van der Waals surface area contributed by atoms with Crippen molar-refractivity contribution in [1.29, 1.82) is 0 Å². The molecule has 5 heteroatoms. The van der Waals surface area contributed by atoms with E-state index in [-0.39, 0.29) is 6.09 Å². The number of ether oxygens (including phenoxy) is 1. The van der Waals surface area contributed by atoms with Crippen molar-refractivity contribution in [3.05, 3.63) is 24.5 Å². The molecule has 0 aromatic carbocycles. The average Bonchev–Trinajstić information content (AvgIpc) is 3.00. The molecule has 2 aliphatic heterocycles. The second-order valence-electron chi connectivity index (χ2n) is 6.67. The average molecular weight is 319 g/mol. The summed E-state index contributed by atoms with van der Waals surface area (Å²) in [5, 5.41) is 0. The highest BCUT2D eigenvalue weighted by atomic mass is 16.6. The molecule has 0 bridgehead atoms. The summed E-state index contributed by atoms with van der Waals surface area (Å²) in [6.45, 7) is 6.36. The molecule has 2 fully saturated rings. The smallest absolute Gasteiger partial charge is 0.409 e. The van der Waals surface area contributed by atoms with Crippen LogP contribution in [0, 0.1) is 0 Å². The van der Waals surface area contributed by atoms with E-state index in [1.165, 1.54) is 32.4 Å². The molecule has 2 saturated heterocycles. The quantitative estimate of drug-likeness (QED) is 0.859. The molecule has 0 saturated carbocycles. The minimum absolute atomic E-state index is 0.139. The zero-order valence-electron chi connectivity index (χ0n) is 14.2. The Balaban J connectivity index is 1.48. The van der Waals surface area contributed by atoms with Gasteiger partial charge in [-0.3, -0.25) is 0 Å². The van der Waals surface area contributed by atoms with Gasteiger partial charge >= 0.3 is 6.09 Å².